The van der Waals surface area contributed by atoms with Crippen molar-refractivity contribution in [2.24, 2.45) is 0 Å². The van der Waals surface area contributed by atoms with Gasteiger partial charge in [-0.3, -0.25) is 58.2 Å². The van der Waals surface area contributed by atoms with E-state index in [4.69, 9.17) is 9.68 Å². The Labute approximate surface area is 266 Å². The summed E-state index contributed by atoms with van der Waals surface area (Å²) in [6.45, 7) is -1.74. The molecule has 1 atom stereocenters. The van der Waals surface area contributed by atoms with E-state index in [2.05, 4.69) is 0 Å². The normalized spacial score (nSPS) is 19.0. The van der Waals surface area contributed by atoms with Crippen LogP contribution in [0.1, 0.15) is 51.4 Å². The minimum Gasteiger partial charge on any atom is -0.370 e. The fraction of sp³-hybridized carbons (Fsp3) is 0.500. The van der Waals surface area contributed by atoms with Crippen molar-refractivity contribution < 1.29 is 62.7 Å². The number of aliphatic hydroxyl groups is 1. The number of nitrogens with zero attached hydrogens (tertiary/aromatic N) is 6. The van der Waals surface area contributed by atoms with Gasteiger partial charge in [-0.2, -0.15) is 5.06 Å². The average molecular weight is 661 g/mol. The van der Waals surface area contributed by atoms with Crippen molar-refractivity contribution in [3.63, 3.8) is 0 Å². The molecule has 0 aliphatic carbocycles. The molecule has 0 aromatic heterocycles. The first-order valence-corrected chi connectivity index (χ1v) is 14.8. The molecule has 19 heteroatoms. The average Bonchev–Trinajstić information content (AvgIpc) is 3.77. The number of aliphatic hydroxyl groups excluding tert-OH is 1. The third-order valence-electron chi connectivity index (χ3n) is 7.40. The lowest BCUT2D eigenvalue weighted by molar-refractivity contribution is -0.221. The number of hydrazine groups is 1. The van der Waals surface area contributed by atoms with Crippen LogP contribution in [-0.4, -0.2) is 133 Å². The Kier molecular flexibility index (Phi) is 11.1. The molecule has 1 unspecified atom stereocenters. The molecule has 0 radical (unpaired) electrons. The number of imide groups is 2. The molecular formula is C28H32N6O13. The van der Waals surface area contributed by atoms with Crippen molar-refractivity contribution in [3.8, 4) is 0 Å². The number of hydroxylamine groups is 4. The van der Waals surface area contributed by atoms with Crippen molar-refractivity contribution in [1.29, 1.82) is 0 Å². The quantitative estimate of drug-likeness (QED) is 0.150. The van der Waals surface area contributed by atoms with Gasteiger partial charge in [0.15, 0.2) is 6.23 Å². The van der Waals surface area contributed by atoms with E-state index in [1.165, 1.54) is 0 Å². The third-order valence-corrected chi connectivity index (χ3v) is 7.40. The first-order chi connectivity index (χ1) is 22.3. The smallest absolute Gasteiger partial charge is 0.334 e. The summed E-state index contributed by atoms with van der Waals surface area (Å²) in [4.78, 5) is 136. The van der Waals surface area contributed by atoms with Crippen molar-refractivity contribution in [2.45, 2.75) is 57.6 Å². The number of amides is 8. The first kappa shape index (κ1) is 34.4. The molecule has 4 aliphatic heterocycles. The monoisotopic (exact) mass is 660 g/mol. The summed E-state index contributed by atoms with van der Waals surface area (Å²) in [6, 6.07) is 0. The summed E-state index contributed by atoms with van der Waals surface area (Å²) < 4.78 is 0. The fourth-order valence-electron chi connectivity index (χ4n) is 4.93. The standard InChI is InChI=1S/C28H32N6O13/c35-18-3-4-19(36)29(18)14-9-22(39)31(16-11-27(44)46-33-13-1-2-24(33)41)32(23(40)10-15-30-20(37)5-6-21(30)38)17-12-28(45)47-34-25(42)7-8-26(34)43/h3-6,25,42H,1-2,7-17H2. The number of carbonyl (C=O) groups is 10. The highest BCUT2D eigenvalue weighted by Crippen LogP contribution is 2.18. The Bertz CT molecular complexity index is 1410. The molecule has 0 bridgehead atoms. The number of hydrogen-bond donors (Lipinski definition) is 1. The van der Waals surface area contributed by atoms with Crippen LogP contribution in [0, 0.1) is 0 Å². The van der Waals surface area contributed by atoms with Crippen LogP contribution in [0.5, 0.6) is 0 Å². The molecule has 252 valence electrons. The predicted octanol–water partition coefficient (Wildman–Crippen LogP) is -2.55. The van der Waals surface area contributed by atoms with Gasteiger partial charge in [0.05, 0.1) is 32.5 Å². The predicted molar refractivity (Wildman–Crippen MR) is 149 cm³/mol. The molecule has 0 aromatic rings. The summed E-state index contributed by atoms with van der Waals surface area (Å²) in [6.07, 6.45) is 1.06. The van der Waals surface area contributed by atoms with Gasteiger partial charge < -0.3 is 14.8 Å². The van der Waals surface area contributed by atoms with Gasteiger partial charge in [-0.15, -0.1) is 5.06 Å². The minimum absolute atomic E-state index is 0.0263. The molecule has 19 nitrogen and oxygen atoms in total. The van der Waals surface area contributed by atoms with Crippen molar-refractivity contribution in [1.82, 2.24) is 29.9 Å². The van der Waals surface area contributed by atoms with Crippen LogP contribution >= 0.6 is 0 Å². The van der Waals surface area contributed by atoms with E-state index < -0.39 is 117 Å². The third kappa shape index (κ3) is 8.63. The molecule has 1 N–H and O–H groups in total. The van der Waals surface area contributed by atoms with Gasteiger partial charge >= 0.3 is 11.9 Å². The van der Waals surface area contributed by atoms with Gasteiger partial charge in [0.25, 0.3) is 35.4 Å². The first-order valence-electron chi connectivity index (χ1n) is 14.8. The maximum atomic E-state index is 13.6. The molecule has 4 rings (SSSR count). The molecule has 4 heterocycles. The molecule has 0 spiro atoms. The minimum atomic E-state index is -1.37. The summed E-state index contributed by atoms with van der Waals surface area (Å²) >= 11 is 0. The SMILES string of the molecule is O=C(CCN(C(=O)CCN1C(=O)C=CC1=O)N(CCC(=O)ON1C(=O)CCC1O)C(=O)CCN1C(=O)C=CC1=O)ON1CCCC1=O. The summed E-state index contributed by atoms with van der Waals surface area (Å²) in [5.41, 5.74) is 0. The molecule has 47 heavy (non-hydrogen) atoms. The van der Waals surface area contributed by atoms with E-state index >= 15 is 0 Å². The highest BCUT2D eigenvalue weighted by molar-refractivity contribution is 6.13. The fourth-order valence-corrected chi connectivity index (χ4v) is 4.93. The highest BCUT2D eigenvalue weighted by Gasteiger charge is 2.35. The topological polar surface area (TPSA) is 229 Å². The number of hydrogen-bond acceptors (Lipinski definition) is 13. The second-order valence-electron chi connectivity index (χ2n) is 10.6. The van der Waals surface area contributed by atoms with Gasteiger partial charge in [0.2, 0.25) is 11.8 Å². The van der Waals surface area contributed by atoms with E-state index in [9.17, 15) is 53.1 Å². The zero-order valence-corrected chi connectivity index (χ0v) is 25.1. The van der Waals surface area contributed by atoms with Gasteiger partial charge in [-0.05, 0) is 6.42 Å². The van der Waals surface area contributed by atoms with Gasteiger partial charge in [0, 0.05) is 69.5 Å². The lowest BCUT2D eigenvalue weighted by atomic mass is 10.3. The van der Waals surface area contributed by atoms with Crippen molar-refractivity contribution in [2.75, 3.05) is 32.7 Å². The van der Waals surface area contributed by atoms with E-state index in [1.54, 1.807) is 0 Å². The molecule has 8 amide bonds. The zero-order chi connectivity index (χ0) is 34.2. The van der Waals surface area contributed by atoms with Crippen LogP contribution in [0.15, 0.2) is 24.3 Å². The molecule has 2 saturated heterocycles. The number of carbonyl (C=O) groups excluding carboxylic acids is 10. The van der Waals surface area contributed by atoms with Crippen LogP contribution in [0.3, 0.4) is 0 Å². The zero-order valence-electron chi connectivity index (χ0n) is 25.1. The lowest BCUT2D eigenvalue weighted by Gasteiger charge is -2.35. The van der Waals surface area contributed by atoms with E-state index in [0.29, 0.717) is 11.5 Å². The van der Waals surface area contributed by atoms with Crippen LogP contribution in [0.25, 0.3) is 0 Å². The van der Waals surface area contributed by atoms with Gasteiger partial charge in [-0.1, -0.05) is 0 Å². The second kappa shape index (κ2) is 15.2. The summed E-state index contributed by atoms with van der Waals surface area (Å²) in [5, 5.41) is 12.8. The molecule has 2 fully saturated rings. The van der Waals surface area contributed by atoms with E-state index in [1.807, 2.05) is 0 Å². The van der Waals surface area contributed by atoms with E-state index in [-0.39, 0.29) is 25.8 Å². The van der Waals surface area contributed by atoms with Crippen LogP contribution in [0.2, 0.25) is 0 Å². The number of rotatable bonds is 14. The van der Waals surface area contributed by atoms with Crippen molar-refractivity contribution >= 4 is 59.2 Å². The Hall–Kier alpha value is -5.46. The Morgan fingerprint density at radius 1 is 0.681 bits per heavy atom. The summed E-state index contributed by atoms with van der Waals surface area (Å²) in [5.74, 6) is -7.51. The molecule has 4 aliphatic rings. The largest absolute Gasteiger partial charge is 0.370 e. The van der Waals surface area contributed by atoms with Gasteiger partial charge in [0.1, 0.15) is 0 Å². The van der Waals surface area contributed by atoms with Crippen molar-refractivity contribution in [3.05, 3.63) is 24.3 Å². The molecule has 0 saturated carbocycles. The Morgan fingerprint density at radius 3 is 1.55 bits per heavy atom. The lowest BCUT2D eigenvalue weighted by Crippen LogP contribution is -2.53. The van der Waals surface area contributed by atoms with Crippen LogP contribution in [-0.2, 0) is 57.6 Å². The second-order valence-corrected chi connectivity index (χ2v) is 10.6. The Balaban J connectivity index is 1.51. The maximum absolute atomic E-state index is 13.6. The summed E-state index contributed by atoms with van der Waals surface area (Å²) in [7, 11) is 0. The van der Waals surface area contributed by atoms with Crippen LogP contribution < -0.4 is 0 Å². The molecule has 0 aromatic carbocycles. The highest BCUT2D eigenvalue weighted by atomic mass is 16.7. The Morgan fingerprint density at radius 2 is 1.15 bits per heavy atom. The van der Waals surface area contributed by atoms with Crippen LogP contribution in [0.4, 0.5) is 0 Å². The van der Waals surface area contributed by atoms with E-state index in [0.717, 1.165) is 49.2 Å². The maximum Gasteiger partial charge on any atom is 0.334 e. The van der Waals surface area contributed by atoms with Gasteiger partial charge in [-0.25, -0.2) is 9.59 Å². The molecular weight excluding hydrogens is 628 g/mol.